The van der Waals surface area contributed by atoms with E-state index in [0.29, 0.717) is 22.5 Å². The van der Waals surface area contributed by atoms with Crippen molar-refractivity contribution in [3.63, 3.8) is 0 Å². The fourth-order valence-electron chi connectivity index (χ4n) is 3.67. The van der Waals surface area contributed by atoms with Crippen LogP contribution in [-0.4, -0.2) is 15.7 Å². The van der Waals surface area contributed by atoms with Gasteiger partial charge in [0.25, 0.3) is 5.91 Å². The highest BCUT2D eigenvalue weighted by molar-refractivity contribution is 6.10. The van der Waals surface area contributed by atoms with Crippen molar-refractivity contribution in [3.8, 4) is 23.0 Å². The molecule has 1 amide bonds. The number of rotatable bonds is 5. The molecule has 5 aromatic rings. The van der Waals surface area contributed by atoms with Gasteiger partial charge in [-0.05, 0) is 42.5 Å². The summed E-state index contributed by atoms with van der Waals surface area (Å²) in [6.07, 6.45) is 3.10. The van der Waals surface area contributed by atoms with Gasteiger partial charge in [0, 0.05) is 22.8 Å². The fourth-order valence-corrected chi connectivity index (χ4v) is 3.67. The maximum absolute atomic E-state index is 12.9. The molecule has 3 aromatic carbocycles. The van der Waals surface area contributed by atoms with E-state index in [9.17, 15) is 14.9 Å². The first kappa shape index (κ1) is 21.6. The van der Waals surface area contributed by atoms with Crippen molar-refractivity contribution in [2.24, 2.45) is 0 Å². The standard InChI is InChI=1S/C28H18N4O3/c29-17-20(27(33)30-22-10-3-1-4-11-22)15-21-18-32(23-12-5-2-6-13-23)31-26(21)24-16-19-9-7-8-14-25(19)35-28(24)34/h1-16,18H,(H,30,33)/b20-15+. The van der Waals surface area contributed by atoms with Crippen LogP contribution in [0, 0.1) is 11.3 Å². The molecule has 0 bridgehead atoms. The molecule has 0 radical (unpaired) electrons. The van der Waals surface area contributed by atoms with Crippen LogP contribution in [0.25, 0.3) is 34.0 Å². The van der Waals surface area contributed by atoms with Crippen molar-refractivity contribution in [2.45, 2.75) is 0 Å². The van der Waals surface area contributed by atoms with Gasteiger partial charge in [-0.1, -0.05) is 54.6 Å². The van der Waals surface area contributed by atoms with Crippen molar-refractivity contribution >= 4 is 28.6 Å². The number of benzene rings is 3. The van der Waals surface area contributed by atoms with Crippen LogP contribution in [-0.2, 0) is 4.79 Å². The molecule has 0 atom stereocenters. The molecule has 0 aliphatic rings. The van der Waals surface area contributed by atoms with E-state index < -0.39 is 11.5 Å². The zero-order chi connectivity index (χ0) is 24.2. The summed E-state index contributed by atoms with van der Waals surface area (Å²) in [5.41, 5.74) is 2.03. The van der Waals surface area contributed by atoms with Crippen LogP contribution in [0.2, 0.25) is 0 Å². The molecule has 1 N–H and O–H groups in total. The minimum Gasteiger partial charge on any atom is -0.422 e. The lowest BCUT2D eigenvalue weighted by molar-refractivity contribution is -0.112. The second-order valence-corrected chi connectivity index (χ2v) is 7.69. The molecule has 0 unspecified atom stereocenters. The molecule has 35 heavy (non-hydrogen) atoms. The lowest BCUT2D eigenvalue weighted by Crippen LogP contribution is -2.13. The van der Waals surface area contributed by atoms with Crippen molar-refractivity contribution in [3.05, 3.63) is 119 Å². The van der Waals surface area contributed by atoms with E-state index in [-0.39, 0.29) is 11.1 Å². The van der Waals surface area contributed by atoms with Gasteiger partial charge in [0.15, 0.2) is 0 Å². The first-order valence-corrected chi connectivity index (χ1v) is 10.8. The topological polar surface area (TPSA) is 101 Å². The van der Waals surface area contributed by atoms with Crippen molar-refractivity contribution in [1.29, 1.82) is 5.26 Å². The van der Waals surface area contributed by atoms with E-state index in [1.54, 1.807) is 53.3 Å². The molecule has 0 saturated carbocycles. The number of nitrogens with zero attached hydrogens (tertiary/aromatic N) is 3. The Hall–Kier alpha value is -5.22. The SMILES string of the molecule is N#C/C(=C\c1cn(-c2ccccc2)nc1-c1cc2ccccc2oc1=O)C(=O)Nc1ccccc1. The number of anilines is 1. The fraction of sp³-hybridized carbons (Fsp3) is 0. The Morgan fingerprint density at radius 1 is 0.971 bits per heavy atom. The van der Waals surface area contributed by atoms with Gasteiger partial charge >= 0.3 is 5.63 Å². The Balaban J connectivity index is 1.64. The predicted molar refractivity (Wildman–Crippen MR) is 134 cm³/mol. The number of carbonyl (C=O) groups excluding carboxylic acids is 1. The van der Waals surface area contributed by atoms with Gasteiger partial charge in [-0.3, -0.25) is 4.79 Å². The number of nitriles is 1. The van der Waals surface area contributed by atoms with Gasteiger partial charge in [-0.25, -0.2) is 9.48 Å². The Labute approximate surface area is 200 Å². The lowest BCUT2D eigenvalue weighted by atomic mass is 10.1. The summed E-state index contributed by atoms with van der Waals surface area (Å²) in [6.45, 7) is 0. The number of hydrogen-bond acceptors (Lipinski definition) is 5. The highest BCUT2D eigenvalue weighted by Crippen LogP contribution is 2.26. The highest BCUT2D eigenvalue weighted by Gasteiger charge is 2.18. The summed E-state index contributed by atoms with van der Waals surface area (Å²) in [5, 5.41) is 17.8. The van der Waals surface area contributed by atoms with Crippen LogP contribution in [0.15, 0.2) is 112 Å². The molecule has 7 nitrogen and oxygen atoms in total. The second kappa shape index (κ2) is 9.33. The summed E-state index contributed by atoms with van der Waals surface area (Å²) in [5.74, 6) is -0.567. The largest absolute Gasteiger partial charge is 0.422 e. The van der Waals surface area contributed by atoms with E-state index in [4.69, 9.17) is 4.42 Å². The van der Waals surface area contributed by atoms with E-state index in [1.807, 2.05) is 54.6 Å². The maximum atomic E-state index is 12.9. The number of nitrogens with one attached hydrogen (secondary N) is 1. The van der Waals surface area contributed by atoms with Gasteiger partial charge < -0.3 is 9.73 Å². The summed E-state index contributed by atoms with van der Waals surface area (Å²) >= 11 is 0. The number of fused-ring (bicyclic) bond motifs is 1. The molecule has 2 heterocycles. The molecule has 168 valence electrons. The van der Waals surface area contributed by atoms with Gasteiger partial charge in [0.05, 0.1) is 11.3 Å². The zero-order valence-electron chi connectivity index (χ0n) is 18.4. The molecule has 0 saturated heterocycles. The van der Waals surface area contributed by atoms with Crippen molar-refractivity contribution < 1.29 is 9.21 Å². The van der Waals surface area contributed by atoms with Crippen molar-refractivity contribution in [2.75, 3.05) is 5.32 Å². The molecule has 0 aliphatic carbocycles. The number of carbonyl (C=O) groups is 1. The number of aromatic nitrogens is 2. The quantitative estimate of drug-likeness (QED) is 0.222. The van der Waals surface area contributed by atoms with Gasteiger partial charge in [-0.15, -0.1) is 0 Å². The minimum absolute atomic E-state index is 0.132. The van der Waals surface area contributed by atoms with Crippen LogP contribution in [0.3, 0.4) is 0 Å². The minimum atomic E-state index is -0.567. The van der Waals surface area contributed by atoms with Crippen LogP contribution in [0.1, 0.15) is 5.56 Å². The van der Waals surface area contributed by atoms with E-state index in [0.717, 1.165) is 11.1 Å². The zero-order valence-corrected chi connectivity index (χ0v) is 18.4. The van der Waals surface area contributed by atoms with Crippen LogP contribution in [0.4, 0.5) is 5.69 Å². The van der Waals surface area contributed by atoms with Crippen LogP contribution >= 0.6 is 0 Å². The van der Waals surface area contributed by atoms with E-state index >= 15 is 0 Å². The average molecular weight is 458 g/mol. The first-order chi connectivity index (χ1) is 17.1. The number of para-hydroxylation sites is 3. The first-order valence-electron chi connectivity index (χ1n) is 10.8. The third-order valence-electron chi connectivity index (χ3n) is 5.36. The smallest absolute Gasteiger partial charge is 0.345 e. The molecule has 0 spiro atoms. The predicted octanol–water partition coefficient (Wildman–Crippen LogP) is 5.19. The molecule has 2 aromatic heterocycles. The Morgan fingerprint density at radius 3 is 2.40 bits per heavy atom. The normalized spacial score (nSPS) is 11.2. The summed E-state index contributed by atoms with van der Waals surface area (Å²) in [4.78, 5) is 25.7. The lowest BCUT2D eigenvalue weighted by Gasteiger charge is -2.04. The van der Waals surface area contributed by atoms with E-state index in [1.165, 1.54) is 6.08 Å². The van der Waals surface area contributed by atoms with Gasteiger partial charge in [0.1, 0.15) is 22.9 Å². The van der Waals surface area contributed by atoms with Crippen LogP contribution < -0.4 is 10.9 Å². The second-order valence-electron chi connectivity index (χ2n) is 7.69. The molecule has 5 rings (SSSR count). The summed E-state index contributed by atoms with van der Waals surface area (Å²) < 4.78 is 7.10. The highest BCUT2D eigenvalue weighted by atomic mass is 16.4. The van der Waals surface area contributed by atoms with Gasteiger partial charge in [-0.2, -0.15) is 10.4 Å². The number of amides is 1. The Kier molecular flexibility index (Phi) is 5.76. The third-order valence-corrected chi connectivity index (χ3v) is 5.36. The third kappa shape index (κ3) is 4.49. The summed E-state index contributed by atoms with van der Waals surface area (Å²) in [7, 11) is 0. The summed E-state index contributed by atoms with van der Waals surface area (Å²) in [6, 6.07) is 29.0. The number of hydrogen-bond donors (Lipinski definition) is 1. The molecular formula is C28H18N4O3. The molecule has 0 aliphatic heterocycles. The average Bonchev–Trinajstić information content (AvgIpc) is 3.31. The molecule has 0 fully saturated rings. The maximum Gasteiger partial charge on any atom is 0.345 e. The van der Waals surface area contributed by atoms with Crippen molar-refractivity contribution in [1.82, 2.24) is 9.78 Å². The Bertz CT molecular complexity index is 1660. The van der Waals surface area contributed by atoms with E-state index in [2.05, 4.69) is 10.4 Å². The monoisotopic (exact) mass is 458 g/mol. The Morgan fingerprint density at radius 2 is 1.66 bits per heavy atom. The van der Waals surface area contributed by atoms with Crippen LogP contribution in [0.5, 0.6) is 0 Å². The molecular weight excluding hydrogens is 440 g/mol. The van der Waals surface area contributed by atoms with Gasteiger partial charge in [0.2, 0.25) is 0 Å². The molecule has 7 heteroatoms.